The van der Waals surface area contributed by atoms with E-state index in [0.717, 1.165) is 31.1 Å². The molecule has 0 aromatic heterocycles. The molecule has 3 heteroatoms. The lowest BCUT2D eigenvalue weighted by Crippen LogP contribution is -2.30. The molecule has 108 valence electrons. The standard InChI is InChI=1S/C18H20N2S/c1-14-7-2-5-10-17(14)21-13-15-8-3-4-9-16(15)18-19-11-6-12-20-18/h2-5,7-10H,6,11-13H2,1H3,(H,19,20). The predicted octanol–water partition coefficient (Wildman–Crippen LogP) is 4.03. The van der Waals surface area contributed by atoms with E-state index in [4.69, 9.17) is 0 Å². The summed E-state index contributed by atoms with van der Waals surface area (Å²) in [7, 11) is 0. The van der Waals surface area contributed by atoms with Gasteiger partial charge >= 0.3 is 0 Å². The number of hydrogen-bond donors (Lipinski definition) is 1. The summed E-state index contributed by atoms with van der Waals surface area (Å²) in [6, 6.07) is 17.1. The van der Waals surface area contributed by atoms with Gasteiger partial charge in [-0.15, -0.1) is 11.8 Å². The quantitative estimate of drug-likeness (QED) is 0.862. The fraction of sp³-hybridized carbons (Fsp3) is 0.278. The zero-order valence-electron chi connectivity index (χ0n) is 12.3. The number of aliphatic imine (C=N–C) groups is 1. The third-order valence-electron chi connectivity index (χ3n) is 3.65. The first-order valence-corrected chi connectivity index (χ1v) is 8.38. The van der Waals surface area contributed by atoms with Gasteiger partial charge in [0.05, 0.1) is 0 Å². The first-order chi connectivity index (χ1) is 10.3. The molecule has 0 fully saturated rings. The van der Waals surface area contributed by atoms with E-state index in [9.17, 15) is 0 Å². The Kier molecular flexibility index (Phi) is 4.61. The summed E-state index contributed by atoms with van der Waals surface area (Å²) in [5.74, 6) is 2.03. The van der Waals surface area contributed by atoms with Gasteiger partial charge in [0.15, 0.2) is 0 Å². The molecule has 0 saturated carbocycles. The molecule has 0 bridgehead atoms. The molecule has 0 saturated heterocycles. The second kappa shape index (κ2) is 6.81. The van der Waals surface area contributed by atoms with Crippen LogP contribution in [-0.4, -0.2) is 18.9 Å². The second-order valence-electron chi connectivity index (χ2n) is 5.22. The zero-order valence-corrected chi connectivity index (χ0v) is 13.1. The molecule has 1 aliphatic heterocycles. The van der Waals surface area contributed by atoms with Crippen LogP contribution in [-0.2, 0) is 5.75 Å². The summed E-state index contributed by atoms with van der Waals surface area (Å²) in [5, 5.41) is 3.43. The lowest BCUT2D eigenvalue weighted by molar-refractivity contribution is 0.742. The summed E-state index contributed by atoms with van der Waals surface area (Å²) in [6.45, 7) is 4.13. The van der Waals surface area contributed by atoms with Crippen LogP contribution < -0.4 is 5.32 Å². The third-order valence-corrected chi connectivity index (χ3v) is 4.87. The van der Waals surface area contributed by atoms with E-state index in [-0.39, 0.29) is 0 Å². The zero-order chi connectivity index (χ0) is 14.5. The molecule has 1 heterocycles. The molecule has 21 heavy (non-hydrogen) atoms. The van der Waals surface area contributed by atoms with Gasteiger partial charge in [0, 0.05) is 29.3 Å². The van der Waals surface area contributed by atoms with Crippen molar-refractivity contribution in [1.82, 2.24) is 5.32 Å². The topological polar surface area (TPSA) is 24.4 Å². The van der Waals surface area contributed by atoms with E-state index in [1.165, 1.54) is 21.6 Å². The molecule has 1 aliphatic rings. The Balaban J connectivity index is 1.80. The maximum absolute atomic E-state index is 4.63. The fourth-order valence-corrected chi connectivity index (χ4v) is 3.50. The third kappa shape index (κ3) is 3.48. The normalized spacial score (nSPS) is 14.4. The van der Waals surface area contributed by atoms with Crippen LogP contribution in [0.2, 0.25) is 0 Å². The molecule has 0 aliphatic carbocycles. The monoisotopic (exact) mass is 296 g/mol. The molecule has 0 spiro atoms. The van der Waals surface area contributed by atoms with Crippen LogP contribution in [0.5, 0.6) is 0 Å². The summed E-state index contributed by atoms with van der Waals surface area (Å²) < 4.78 is 0. The van der Waals surface area contributed by atoms with Crippen LogP contribution in [0, 0.1) is 6.92 Å². The van der Waals surface area contributed by atoms with Crippen LogP contribution >= 0.6 is 11.8 Å². The molecular formula is C18H20N2S. The van der Waals surface area contributed by atoms with Crippen LogP contribution in [0.1, 0.15) is 23.1 Å². The Morgan fingerprint density at radius 3 is 2.71 bits per heavy atom. The van der Waals surface area contributed by atoms with Gasteiger partial charge < -0.3 is 5.32 Å². The van der Waals surface area contributed by atoms with Crippen LogP contribution in [0.4, 0.5) is 0 Å². The minimum absolute atomic E-state index is 0.932. The van der Waals surface area contributed by atoms with Crippen molar-refractivity contribution in [2.75, 3.05) is 13.1 Å². The number of thioether (sulfide) groups is 1. The molecule has 0 unspecified atom stereocenters. The Morgan fingerprint density at radius 2 is 1.90 bits per heavy atom. The van der Waals surface area contributed by atoms with Crippen molar-refractivity contribution in [2.45, 2.75) is 24.0 Å². The molecule has 2 aromatic rings. The first kappa shape index (κ1) is 14.2. The van der Waals surface area contributed by atoms with Gasteiger partial charge in [0.25, 0.3) is 0 Å². The first-order valence-electron chi connectivity index (χ1n) is 7.39. The van der Waals surface area contributed by atoms with Crippen LogP contribution in [0.3, 0.4) is 0 Å². The van der Waals surface area contributed by atoms with Gasteiger partial charge in [-0.2, -0.15) is 0 Å². The SMILES string of the molecule is Cc1ccccc1SCc1ccccc1C1=NCCCN1. The Hall–Kier alpha value is -1.74. The Morgan fingerprint density at radius 1 is 1.10 bits per heavy atom. The summed E-state index contributed by atoms with van der Waals surface area (Å²) >= 11 is 1.90. The van der Waals surface area contributed by atoms with E-state index < -0.39 is 0 Å². The molecule has 2 aromatic carbocycles. The van der Waals surface area contributed by atoms with Gasteiger partial charge in [0.2, 0.25) is 0 Å². The fourth-order valence-electron chi connectivity index (χ4n) is 2.46. The minimum atomic E-state index is 0.932. The Labute approximate surface area is 130 Å². The number of amidine groups is 1. The van der Waals surface area contributed by atoms with Crippen LogP contribution in [0.15, 0.2) is 58.4 Å². The highest BCUT2D eigenvalue weighted by Crippen LogP contribution is 2.27. The van der Waals surface area contributed by atoms with E-state index >= 15 is 0 Å². The average Bonchev–Trinajstić information content (AvgIpc) is 2.55. The molecule has 2 nitrogen and oxygen atoms in total. The highest BCUT2D eigenvalue weighted by Gasteiger charge is 2.11. The van der Waals surface area contributed by atoms with Gasteiger partial charge in [-0.1, -0.05) is 42.5 Å². The van der Waals surface area contributed by atoms with E-state index in [1.54, 1.807) is 0 Å². The van der Waals surface area contributed by atoms with Gasteiger partial charge in [-0.05, 0) is 30.5 Å². The number of nitrogens with one attached hydrogen (secondary N) is 1. The number of rotatable bonds is 4. The molecule has 0 radical (unpaired) electrons. The molecule has 0 atom stereocenters. The van der Waals surface area contributed by atoms with Gasteiger partial charge in [0.1, 0.15) is 5.84 Å². The van der Waals surface area contributed by atoms with Crippen molar-refractivity contribution < 1.29 is 0 Å². The summed E-state index contributed by atoms with van der Waals surface area (Å²) in [4.78, 5) is 5.98. The maximum atomic E-state index is 4.63. The second-order valence-corrected chi connectivity index (χ2v) is 6.24. The lowest BCUT2D eigenvalue weighted by Gasteiger charge is -2.17. The summed E-state index contributed by atoms with van der Waals surface area (Å²) in [6.07, 6.45) is 1.13. The van der Waals surface area contributed by atoms with E-state index in [1.807, 2.05) is 11.8 Å². The van der Waals surface area contributed by atoms with Crippen molar-refractivity contribution in [3.8, 4) is 0 Å². The van der Waals surface area contributed by atoms with Gasteiger partial charge in [-0.25, -0.2) is 0 Å². The van der Waals surface area contributed by atoms with Crippen molar-refractivity contribution in [1.29, 1.82) is 0 Å². The maximum Gasteiger partial charge on any atom is 0.128 e. The molecule has 1 N–H and O–H groups in total. The summed E-state index contributed by atoms with van der Waals surface area (Å²) in [5.41, 5.74) is 3.94. The van der Waals surface area contributed by atoms with Crippen molar-refractivity contribution in [2.24, 2.45) is 4.99 Å². The average molecular weight is 296 g/mol. The van der Waals surface area contributed by atoms with Gasteiger partial charge in [-0.3, -0.25) is 4.99 Å². The van der Waals surface area contributed by atoms with E-state index in [0.29, 0.717) is 0 Å². The molecular weight excluding hydrogens is 276 g/mol. The lowest BCUT2D eigenvalue weighted by atomic mass is 10.1. The minimum Gasteiger partial charge on any atom is -0.370 e. The van der Waals surface area contributed by atoms with Crippen molar-refractivity contribution in [3.63, 3.8) is 0 Å². The van der Waals surface area contributed by atoms with E-state index in [2.05, 4.69) is 65.8 Å². The largest absolute Gasteiger partial charge is 0.370 e. The van der Waals surface area contributed by atoms with Crippen LogP contribution in [0.25, 0.3) is 0 Å². The highest BCUT2D eigenvalue weighted by atomic mass is 32.2. The number of aryl methyl sites for hydroxylation is 1. The number of nitrogens with zero attached hydrogens (tertiary/aromatic N) is 1. The predicted molar refractivity (Wildman–Crippen MR) is 91.2 cm³/mol. The number of hydrogen-bond acceptors (Lipinski definition) is 3. The van der Waals surface area contributed by atoms with Crippen molar-refractivity contribution in [3.05, 3.63) is 65.2 Å². The Bertz CT molecular complexity index is 649. The smallest absolute Gasteiger partial charge is 0.128 e. The van der Waals surface area contributed by atoms with Crippen molar-refractivity contribution >= 4 is 17.6 Å². The highest BCUT2D eigenvalue weighted by molar-refractivity contribution is 7.98. The number of benzene rings is 2. The molecule has 3 rings (SSSR count). The molecule has 0 amide bonds.